The Bertz CT molecular complexity index is 325. The van der Waals surface area contributed by atoms with Gasteiger partial charge in [-0.3, -0.25) is 0 Å². The maximum atomic E-state index is 10.7. The summed E-state index contributed by atoms with van der Waals surface area (Å²) in [6.45, 7) is 2.23. The van der Waals surface area contributed by atoms with E-state index in [1.165, 1.54) is 6.07 Å². The molecule has 0 fully saturated rings. The van der Waals surface area contributed by atoms with Gasteiger partial charge in [-0.05, 0) is 25.1 Å². The molecule has 5 nitrogen and oxygen atoms in total. The summed E-state index contributed by atoms with van der Waals surface area (Å²) in [5, 5.41) is 15.8. The van der Waals surface area contributed by atoms with E-state index in [1.54, 1.807) is 19.1 Å². The number of hydrogen-bond donors (Lipinski definition) is 3. The number of anilines is 1. The number of ether oxygens (including phenoxy) is 1. The first-order valence-corrected chi connectivity index (χ1v) is 4.35. The monoisotopic (exact) mass is 213 g/mol. The second-order valence-corrected chi connectivity index (χ2v) is 2.49. The fourth-order valence-corrected chi connectivity index (χ4v) is 0.996. The molecular formula is C10H15NO4. The summed E-state index contributed by atoms with van der Waals surface area (Å²) in [7, 11) is 1.00. The molecule has 15 heavy (non-hydrogen) atoms. The van der Waals surface area contributed by atoms with Crippen molar-refractivity contribution in [1.29, 1.82) is 0 Å². The molecule has 4 N–H and O–H groups in total. The molecule has 0 saturated carbocycles. The number of benzene rings is 1. The van der Waals surface area contributed by atoms with Crippen molar-refractivity contribution >= 4 is 11.7 Å². The zero-order chi connectivity index (χ0) is 11.8. The first-order chi connectivity index (χ1) is 7.15. The number of carboxylic acids is 1. The Morgan fingerprint density at radius 2 is 2.07 bits per heavy atom. The molecule has 0 aliphatic carbocycles. The van der Waals surface area contributed by atoms with Crippen LogP contribution in [0.15, 0.2) is 18.2 Å². The molecule has 1 rings (SSSR count). The Hall–Kier alpha value is -1.75. The zero-order valence-corrected chi connectivity index (χ0v) is 8.73. The van der Waals surface area contributed by atoms with E-state index in [4.69, 9.17) is 20.7 Å². The average molecular weight is 213 g/mol. The predicted molar refractivity (Wildman–Crippen MR) is 57.1 cm³/mol. The van der Waals surface area contributed by atoms with Crippen LogP contribution in [0.2, 0.25) is 0 Å². The minimum absolute atomic E-state index is 0.0989. The summed E-state index contributed by atoms with van der Waals surface area (Å²) in [5.74, 6) is -0.681. The summed E-state index contributed by atoms with van der Waals surface area (Å²) < 4.78 is 5.12. The highest BCUT2D eigenvalue weighted by molar-refractivity contribution is 5.92. The SMILES string of the molecule is CCOc1ccc(N)cc1C(=O)O.CO. The topological polar surface area (TPSA) is 92.8 Å². The van der Waals surface area contributed by atoms with Crippen LogP contribution in [0.5, 0.6) is 5.75 Å². The molecule has 5 heteroatoms. The number of nitrogen functional groups attached to an aromatic ring is 1. The van der Waals surface area contributed by atoms with Crippen LogP contribution in [0.25, 0.3) is 0 Å². The van der Waals surface area contributed by atoms with Gasteiger partial charge in [0.25, 0.3) is 0 Å². The van der Waals surface area contributed by atoms with Gasteiger partial charge >= 0.3 is 5.97 Å². The van der Waals surface area contributed by atoms with E-state index >= 15 is 0 Å². The van der Waals surface area contributed by atoms with Crippen LogP contribution in [-0.4, -0.2) is 29.9 Å². The first-order valence-electron chi connectivity index (χ1n) is 4.35. The normalized spacial score (nSPS) is 8.73. The summed E-state index contributed by atoms with van der Waals surface area (Å²) in [6, 6.07) is 4.55. The van der Waals surface area contributed by atoms with Gasteiger partial charge in [0, 0.05) is 12.8 Å². The molecule has 0 atom stereocenters. The fraction of sp³-hybridized carbons (Fsp3) is 0.300. The molecule has 0 saturated heterocycles. The van der Waals surface area contributed by atoms with E-state index in [0.29, 0.717) is 18.0 Å². The summed E-state index contributed by atoms with van der Waals surface area (Å²) >= 11 is 0. The minimum Gasteiger partial charge on any atom is -0.493 e. The molecule has 0 unspecified atom stereocenters. The van der Waals surface area contributed by atoms with Gasteiger partial charge in [0.1, 0.15) is 11.3 Å². The van der Waals surface area contributed by atoms with Crippen molar-refractivity contribution in [2.45, 2.75) is 6.92 Å². The summed E-state index contributed by atoms with van der Waals surface area (Å²) in [5.41, 5.74) is 5.96. The molecule has 0 spiro atoms. The maximum absolute atomic E-state index is 10.7. The zero-order valence-electron chi connectivity index (χ0n) is 8.73. The summed E-state index contributed by atoms with van der Waals surface area (Å²) in [4.78, 5) is 10.7. The Morgan fingerprint density at radius 3 is 2.53 bits per heavy atom. The highest BCUT2D eigenvalue weighted by atomic mass is 16.5. The Labute approximate surface area is 88.1 Å². The van der Waals surface area contributed by atoms with Crippen molar-refractivity contribution in [3.05, 3.63) is 23.8 Å². The fourth-order valence-electron chi connectivity index (χ4n) is 0.996. The van der Waals surface area contributed by atoms with Crippen LogP contribution < -0.4 is 10.5 Å². The molecule has 0 radical (unpaired) electrons. The second-order valence-electron chi connectivity index (χ2n) is 2.49. The molecule has 0 amide bonds. The van der Waals surface area contributed by atoms with Gasteiger partial charge in [0.05, 0.1) is 6.61 Å². The van der Waals surface area contributed by atoms with E-state index in [1.807, 2.05) is 0 Å². The van der Waals surface area contributed by atoms with Gasteiger partial charge in [-0.25, -0.2) is 4.79 Å². The number of hydrogen-bond acceptors (Lipinski definition) is 4. The highest BCUT2D eigenvalue weighted by Gasteiger charge is 2.10. The molecule has 0 bridgehead atoms. The van der Waals surface area contributed by atoms with Crippen LogP contribution >= 0.6 is 0 Å². The van der Waals surface area contributed by atoms with Crippen molar-refractivity contribution in [2.24, 2.45) is 0 Å². The lowest BCUT2D eigenvalue weighted by Gasteiger charge is -2.06. The third-order valence-corrected chi connectivity index (χ3v) is 1.53. The molecule has 0 aliphatic rings. The smallest absolute Gasteiger partial charge is 0.339 e. The molecule has 0 aromatic heterocycles. The third kappa shape index (κ3) is 3.86. The number of rotatable bonds is 3. The van der Waals surface area contributed by atoms with Crippen LogP contribution in [0.3, 0.4) is 0 Å². The lowest BCUT2D eigenvalue weighted by Crippen LogP contribution is -2.03. The Morgan fingerprint density at radius 1 is 1.47 bits per heavy atom. The van der Waals surface area contributed by atoms with Gasteiger partial charge < -0.3 is 20.7 Å². The highest BCUT2D eigenvalue weighted by Crippen LogP contribution is 2.21. The standard InChI is InChI=1S/C9H11NO3.CH4O/c1-2-13-8-4-3-6(10)5-7(8)9(11)12;1-2/h3-5H,2,10H2,1H3,(H,11,12);2H,1H3. The molecule has 84 valence electrons. The molecule has 1 aromatic rings. The minimum atomic E-state index is -1.03. The van der Waals surface area contributed by atoms with Gasteiger partial charge in [-0.15, -0.1) is 0 Å². The van der Waals surface area contributed by atoms with Crippen LogP contribution in [0, 0.1) is 0 Å². The van der Waals surface area contributed by atoms with Crippen LogP contribution in [0.1, 0.15) is 17.3 Å². The Balaban J connectivity index is 0.000000921. The number of aliphatic hydroxyl groups excluding tert-OH is 1. The van der Waals surface area contributed by atoms with E-state index in [-0.39, 0.29) is 5.56 Å². The third-order valence-electron chi connectivity index (χ3n) is 1.53. The lowest BCUT2D eigenvalue weighted by atomic mass is 10.2. The lowest BCUT2D eigenvalue weighted by molar-refractivity contribution is 0.0692. The van der Waals surface area contributed by atoms with E-state index < -0.39 is 5.97 Å². The van der Waals surface area contributed by atoms with Gasteiger partial charge in [-0.2, -0.15) is 0 Å². The average Bonchev–Trinajstić information content (AvgIpc) is 2.24. The second kappa shape index (κ2) is 6.67. The molecule has 0 heterocycles. The Kier molecular flexibility index (Phi) is 5.89. The van der Waals surface area contributed by atoms with Crippen molar-refractivity contribution < 1.29 is 19.7 Å². The van der Waals surface area contributed by atoms with Crippen molar-refractivity contribution in [1.82, 2.24) is 0 Å². The number of carboxylic acid groups (broad SMARTS) is 1. The van der Waals surface area contributed by atoms with Gasteiger partial charge in [0.15, 0.2) is 0 Å². The van der Waals surface area contributed by atoms with Crippen molar-refractivity contribution in [3.63, 3.8) is 0 Å². The number of aliphatic hydroxyl groups is 1. The molecule has 0 aliphatic heterocycles. The van der Waals surface area contributed by atoms with Crippen LogP contribution in [0.4, 0.5) is 5.69 Å². The number of carbonyl (C=O) groups is 1. The predicted octanol–water partition coefficient (Wildman–Crippen LogP) is 0.974. The van der Waals surface area contributed by atoms with Crippen LogP contribution in [-0.2, 0) is 0 Å². The van der Waals surface area contributed by atoms with E-state index in [9.17, 15) is 4.79 Å². The number of nitrogens with two attached hydrogens (primary N) is 1. The summed E-state index contributed by atoms with van der Waals surface area (Å²) in [6.07, 6.45) is 0. The maximum Gasteiger partial charge on any atom is 0.339 e. The van der Waals surface area contributed by atoms with Crippen molar-refractivity contribution in [3.8, 4) is 5.75 Å². The van der Waals surface area contributed by atoms with Crippen molar-refractivity contribution in [2.75, 3.05) is 19.5 Å². The quantitative estimate of drug-likeness (QED) is 0.651. The van der Waals surface area contributed by atoms with Gasteiger partial charge in [0.2, 0.25) is 0 Å². The van der Waals surface area contributed by atoms with E-state index in [0.717, 1.165) is 7.11 Å². The number of aromatic carboxylic acids is 1. The van der Waals surface area contributed by atoms with E-state index in [2.05, 4.69) is 0 Å². The molecular weight excluding hydrogens is 198 g/mol. The molecule has 1 aromatic carbocycles. The van der Waals surface area contributed by atoms with Gasteiger partial charge in [-0.1, -0.05) is 0 Å². The largest absolute Gasteiger partial charge is 0.493 e. The first kappa shape index (κ1) is 13.2.